The van der Waals surface area contributed by atoms with E-state index in [2.05, 4.69) is 4.98 Å². The van der Waals surface area contributed by atoms with E-state index in [1.165, 1.54) is 6.26 Å². The molecule has 12 heavy (non-hydrogen) atoms. The summed E-state index contributed by atoms with van der Waals surface area (Å²) < 4.78 is 5.07. The molecule has 0 fully saturated rings. The van der Waals surface area contributed by atoms with E-state index in [1.807, 2.05) is 0 Å². The summed E-state index contributed by atoms with van der Waals surface area (Å²) in [5, 5.41) is 0.657. The second-order valence-corrected chi connectivity index (χ2v) is 2.39. The lowest BCUT2D eigenvalue weighted by atomic mass is 10.2. The third kappa shape index (κ3) is 0.852. The quantitative estimate of drug-likeness (QED) is 0.678. The molecule has 60 valence electrons. The third-order valence-corrected chi connectivity index (χ3v) is 1.64. The number of carbonyl (C=O) groups excluding carboxylic acids is 1. The van der Waals surface area contributed by atoms with E-state index < -0.39 is 5.91 Å². The zero-order valence-corrected chi connectivity index (χ0v) is 6.15. The Morgan fingerprint density at radius 3 is 3.17 bits per heavy atom. The molecule has 0 bridgehead atoms. The molecule has 0 spiro atoms. The summed E-state index contributed by atoms with van der Waals surface area (Å²) in [6.45, 7) is 0. The van der Waals surface area contributed by atoms with E-state index in [0.717, 1.165) is 0 Å². The van der Waals surface area contributed by atoms with E-state index in [-0.39, 0.29) is 0 Å². The predicted molar refractivity (Wildman–Crippen MR) is 42.5 cm³/mol. The normalized spacial score (nSPS) is 10.3. The van der Waals surface area contributed by atoms with Crippen molar-refractivity contribution in [2.24, 2.45) is 5.73 Å². The van der Waals surface area contributed by atoms with Crippen LogP contribution in [0.5, 0.6) is 0 Å². The molecule has 2 N–H and O–H groups in total. The van der Waals surface area contributed by atoms with Crippen molar-refractivity contribution in [2.45, 2.75) is 0 Å². The molecule has 2 rings (SSSR count). The Balaban J connectivity index is 2.79. The van der Waals surface area contributed by atoms with E-state index in [1.54, 1.807) is 18.5 Å². The Labute approximate surface area is 68.0 Å². The molecule has 4 heteroatoms. The lowest BCUT2D eigenvalue weighted by Gasteiger charge is -1.87. The van der Waals surface area contributed by atoms with Crippen molar-refractivity contribution in [2.75, 3.05) is 0 Å². The van der Waals surface area contributed by atoms with Crippen LogP contribution in [0.25, 0.3) is 11.0 Å². The van der Waals surface area contributed by atoms with Gasteiger partial charge in [0.05, 0.1) is 10.9 Å². The molecule has 0 aliphatic rings. The smallest absolute Gasteiger partial charge is 0.252 e. The maximum atomic E-state index is 10.8. The Kier molecular flexibility index (Phi) is 1.33. The van der Waals surface area contributed by atoms with Gasteiger partial charge in [0, 0.05) is 12.4 Å². The van der Waals surface area contributed by atoms with Crippen LogP contribution in [0.4, 0.5) is 0 Å². The standard InChI is InChI=1S/C8H6N2O2/c9-8(11)6-4-12-7-1-2-10-3-5(6)7/h1-4H,(H2,9,11). The molecule has 0 unspecified atom stereocenters. The second-order valence-electron chi connectivity index (χ2n) is 2.39. The monoisotopic (exact) mass is 162 g/mol. The number of furan rings is 1. The van der Waals surface area contributed by atoms with Crippen molar-refractivity contribution >= 4 is 16.9 Å². The first-order valence-electron chi connectivity index (χ1n) is 3.40. The molecule has 0 atom stereocenters. The highest BCUT2D eigenvalue weighted by atomic mass is 16.3. The van der Waals surface area contributed by atoms with E-state index in [9.17, 15) is 4.79 Å². The highest BCUT2D eigenvalue weighted by Gasteiger charge is 2.09. The summed E-state index contributed by atoms with van der Waals surface area (Å²) in [5.74, 6) is -0.498. The van der Waals surface area contributed by atoms with Gasteiger partial charge in [-0.3, -0.25) is 9.78 Å². The van der Waals surface area contributed by atoms with Gasteiger partial charge < -0.3 is 10.2 Å². The van der Waals surface area contributed by atoms with Gasteiger partial charge >= 0.3 is 0 Å². The first kappa shape index (κ1) is 6.84. The van der Waals surface area contributed by atoms with E-state index in [0.29, 0.717) is 16.5 Å². The highest BCUT2D eigenvalue weighted by Crippen LogP contribution is 2.18. The van der Waals surface area contributed by atoms with E-state index in [4.69, 9.17) is 10.2 Å². The molecule has 4 nitrogen and oxygen atoms in total. The van der Waals surface area contributed by atoms with Gasteiger partial charge in [0.25, 0.3) is 5.91 Å². The largest absolute Gasteiger partial charge is 0.463 e. The molecule has 0 aliphatic heterocycles. The summed E-state index contributed by atoms with van der Waals surface area (Å²) in [7, 11) is 0. The first-order valence-corrected chi connectivity index (χ1v) is 3.40. The van der Waals surface area contributed by atoms with Gasteiger partial charge in [-0.05, 0) is 6.07 Å². The average Bonchev–Trinajstić information content (AvgIpc) is 2.47. The molecule has 0 aromatic carbocycles. The molecule has 2 heterocycles. The minimum Gasteiger partial charge on any atom is -0.463 e. The molecule has 2 aromatic rings. The van der Waals surface area contributed by atoms with Crippen LogP contribution in [0.3, 0.4) is 0 Å². The number of carbonyl (C=O) groups is 1. The minimum atomic E-state index is -0.498. The zero-order chi connectivity index (χ0) is 8.55. The van der Waals surface area contributed by atoms with Crippen LogP contribution in [-0.2, 0) is 0 Å². The van der Waals surface area contributed by atoms with Crippen LogP contribution >= 0.6 is 0 Å². The van der Waals surface area contributed by atoms with Crippen molar-refractivity contribution in [1.29, 1.82) is 0 Å². The SMILES string of the molecule is NC(=O)c1coc2ccncc12. The van der Waals surface area contributed by atoms with Crippen LogP contribution in [0.15, 0.2) is 29.1 Å². The number of fused-ring (bicyclic) bond motifs is 1. The maximum Gasteiger partial charge on any atom is 0.252 e. The molecule has 0 saturated carbocycles. The molecule has 2 aromatic heterocycles. The zero-order valence-electron chi connectivity index (χ0n) is 6.15. The number of rotatable bonds is 1. The predicted octanol–water partition coefficient (Wildman–Crippen LogP) is 0.927. The fourth-order valence-electron chi connectivity index (χ4n) is 1.06. The summed E-state index contributed by atoms with van der Waals surface area (Å²) >= 11 is 0. The average molecular weight is 162 g/mol. The number of pyridine rings is 1. The van der Waals surface area contributed by atoms with Crippen LogP contribution in [0.2, 0.25) is 0 Å². The van der Waals surface area contributed by atoms with E-state index >= 15 is 0 Å². The summed E-state index contributed by atoms with van der Waals surface area (Å²) in [6, 6.07) is 1.68. The van der Waals surface area contributed by atoms with Gasteiger partial charge in [0.2, 0.25) is 0 Å². The Bertz CT molecular complexity index is 433. The number of nitrogens with two attached hydrogens (primary N) is 1. The van der Waals surface area contributed by atoms with Crippen molar-refractivity contribution < 1.29 is 9.21 Å². The molecule has 0 radical (unpaired) electrons. The number of hydrogen-bond donors (Lipinski definition) is 1. The lowest BCUT2D eigenvalue weighted by Crippen LogP contribution is -2.09. The Morgan fingerprint density at radius 1 is 1.58 bits per heavy atom. The Hall–Kier alpha value is -1.84. The van der Waals surface area contributed by atoms with Gasteiger partial charge in [-0.2, -0.15) is 0 Å². The number of hydrogen-bond acceptors (Lipinski definition) is 3. The molecular formula is C8H6N2O2. The number of primary amides is 1. The molecular weight excluding hydrogens is 156 g/mol. The summed E-state index contributed by atoms with van der Waals surface area (Å²) in [6.07, 6.45) is 4.49. The van der Waals surface area contributed by atoms with Crippen molar-refractivity contribution in [3.63, 3.8) is 0 Å². The van der Waals surface area contributed by atoms with Gasteiger partial charge in [-0.15, -0.1) is 0 Å². The first-order chi connectivity index (χ1) is 5.79. The van der Waals surface area contributed by atoms with Crippen LogP contribution in [0.1, 0.15) is 10.4 Å². The lowest BCUT2D eigenvalue weighted by molar-refractivity contribution is 0.100. The number of aromatic nitrogens is 1. The van der Waals surface area contributed by atoms with Crippen molar-refractivity contribution in [1.82, 2.24) is 4.98 Å². The van der Waals surface area contributed by atoms with Crippen LogP contribution in [0, 0.1) is 0 Å². The Morgan fingerprint density at radius 2 is 2.42 bits per heavy atom. The molecule has 1 amide bonds. The van der Waals surface area contributed by atoms with Gasteiger partial charge in [-0.25, -0.2) is 0 Å². The van der Waals surface area contributed by atoms with Crippen LogP contribution < -0.4 is 5.73 Å². The number of amides is 1. The van der Waals surface area contributed by atoms with Gasteiger partial charge in [0.15, 0.2) is 0 Å². The van der Waals surface area contributed by atoms with Gasteiger partial charge in [-0.1, -0.05) is 0 Å². The second kappa shape index (κ2) is 2.34. The molecule has 0 aliphatic carbocycles. The fourth-order valence-corrected chi connectivity index (χ4v) is 1.06. The van der Waals surface area contributed by atoms with Crippen molar-refractivity contribution in [3.8, 4) is 0 Å². The van der Waals surface area contributed by atoms with Crippen LogP contribution in [-0.4, -0.2) is 10.9 Å². The fraction of sp³-hybridized carbons (Fsp3) is 0. The minimum absolute atomic E-state index is 0.373. The maximum absolute atomic E-state index is 10.8. The van der Waals surface area contributed by atoms with Gasteiger partial charge in [0.1, 0.15) is 11.8 Å². The molecule has 0 saturated heterocycles. The topological polar surface area (TPSA) is 69.1 Å². The highest BCUT2D eigenvalue weighted by molar-refractivity contribution is 6.04. The number of nitrogens with zero attached hydrogens (tertiary/aromatic N) is 1. The summed E-state index contributed by atoms with van der Waals surface area (Å²) in [4.78, 5) is 14.7. The third-order valence-electron chi connectivity index (χ3n) is 1.64. The summed E-state index contributed by atoms with van der Waals surface area (Å²) in [5.41, 5.74) is 6.09. The van der Waals surface area contributed by atoms with Crippen molar-refractivity contribution in [3.05, 3.63) is 30.3 Å².